The van der Waals surface area contributed by atoms with Crippen LogP contribution in [0.4, 0.5) is 0 Å². The second kappa shape index (κ2) is 16.9. The van der Waals surface area contributed by atoms with Crippen molar-refractivity contribution in [1.29, 1.82) is 0 Å². The number of aryl methyl sites for hydroxylation is 1. The van der Waals surface area contributed by atoms with Crippen molar-refractivity contribution in [3.05, 3.63) is 248 Å². The standard InChI is InChI=1S/C67H44S2/c1-3-16-53-52(33-34-57-56-30-15-22-45-21-14-29-51(65(45)56)42(2)64(53)57)46-31-32-58-59(41-46)67(50-26-13-24-48(40-50)63-38-36-61(69-63)44-19-8-5-9-20-44)55-28-11-10-27-54(55)66(58)49-25-12-23-47(39-49)62-37-35-60(68-62)43-17-6-4-7-18-43/h3-41H,1H2,2H3/b53-16-. The van der Waals surface area contributed by atoms with Crippen molar-refractivity contribution in [3.8, 4) is 75.1 Å². The quantitative estimate of drug-likeness (QED) is 0.105. The van der Waals surface area contributed by atoms with Gasteiger partial charge in [0.2, 0.25) is 0 Å². The first-order valence-corrected chi connectivity index (χ1v) is 25.2. The second-order valence-electron chi connectivity index (χ2n) is 18.0. The van der Waals surface area contributed by atoms with E-state index in [4.69, 9.17) is 0 Å². The van der Waals surface area contributed by atoms with Crippen molar-refractivity contribution in [1.82, 2.24) is 0 Å². The third kappa shape index (κ3) is 6.95. The van der Waals surface area contributed by atoms with Crippen molar-refractivity contribution < 1.29 is 0 Å². The minimum absolute atomic E-state index is 1.17. The zero-order chi connectivity index (χ0) is 46.0. The van der Waals surface area contributed by atoms with Gasteiger partial charge < -0.3 is 0 Å². The summed E-state index contributed by atoms with van der Waals surface area (Å²) in [6.07, 6.45) is 4.17. The van der Waals surface area contributed by atoms with E-state index in [-0.39, 0.29) is 0 Å². The maximum absolute atomic E-state index is 4.26. The summed E-state index contributed by atoms with van der Waals surface area (Å²) >= 11 is 3.70. The van der Waals surface area contributed by atoms with Gasteiger partial charge >= 0.3 is 0 Å². The van der Waals surface area contributed by atoms with Crippen molar-refractivity contribution in [3.63, 3.8) is 0 Å². The van der Waals surface area contributed by atoms with Gasteiger partial charge in [0, 0.05) is 19.5 Å². The van der Waals surface area contributed by atoms with E-state index in [0.29, 0.717) is 0 Å². The summed E-state index contributed by atoms with van der Waals surface area (Å²) < 4.78 is 0. The van der Waals surface area contributed by atoms with Crippen LogP contribution in [0, 0.1) is 6.92 Å². The third-order valence-corrected chi connectivity index (χ3v) is 16.4. The molecule has 2 heteroatoms. The molecule has 0 N–H and O–H groups in total. The van der Waals surface area contributed by atoms with Gasteiger partial charge in [-0.1, -0.05) is 201 Å². The van der Waals surface area contributed by atoms with Crippen molar-refractivity contribution in [2.24, 2.45) is 0 Å². The molecule has 0 saturated heterocycles. The summed E-state index contributed by atoms with van der Waals surface area (Å²) in [5.41, 5.74) is 13.5. The molecular formula is C67H44S2. The van der Waals surface area contributed by atoms with Gasteiger partial charge in [-0.2, -0.15) is 0 Å². The summed E-state index contributed by atoms with van der Waals surface area (Å²) in [6, 6.07) is 83.2. The van der Waals surface area contributed by atoms with Crippen LogP contribution >= 0.6 is 22.7 Å². The highest BCUT2D eigenvalue weighted by molar-refractivity contribution is 7.19. The smallest absolute Gasteiger partial charge is 0.0349 e. The van der Waals surface area contributed by atoms with Crippen LogP contribution in [0.2, 0.25) is 0 Å². The van der Waals surface area contributed by atoms with Gasteiger partial charge in [0.15, 0.2) is 0 Å². The first-order valence-electron chi connectivity index (χ1n) is 23.6. The summed E-state index contributed by atoms with van der Waals surface area (Å²) in [4.78, 5) is 5.05. The number of rotatable bonds is 8. The Bertz CT molecular complexity index is 4200. The molecule has 0 nitrogen and oxygen atoms in total. The molecule has 0 spiro atoms. The molecule has 0 aliphatic carbocycles. The molecule has 69 heavy (non-hydrogen) atoms. The van der Waals surface area contributed by atoms with Crippen LogP contribution in [0.25, 0.3) is 135 Å². The van der Waals surface area contributed by atoms with Crippen LogP contribution in [0.15, 0.2) is 237 Å². The maximum Gasteiger partial charge on any atom is 0.0349 e. The van der Waals surface area contributed by atoms with E-state index >= 15 is 0 Å². The largest absolute Gasteiger partial charge is 0.135 e. The second-order valence-corrected chi connectivity index (χ2v) is 20.1. The zero-order valence-corrected chi connectivity index (χ0v) is 39.7. The highest BCUT2D eigenvalue weighted by Gasteiger charge is 2.21. The summed E-state index contributed by atoms with van der Waals surface area (Å²) in [7, 11) is 0. The van der Waals surface area contributed by atoms with E-state index in [9.17, 15) is 0 Å². The molecule has 0 radical (unpaired) electrons. The molecule has 0 atom stereocenters. The van der Waals surface area contributed by atoms with E-state index in [1.54, 1.807) is 0 Å². The fourth-order valence-electron chi connectivity index (χ4n) is 10.9. The van der Waals surface area contributed by atoms with Crippen LogP contribution in [-0.2, 0) is 0 Å². The predicted molar refractivity (Wildman–Crippen MR) is 302 cm³/mol. The van der Waals surface area contributed by atoms with Crippen LogP contribution in [0.5, 0.6) is 0 Å². The number of hydrogen-bond acceptors (Lipinski definition) is 2. The van der Waals surface area contributed by atoms with Crippen LogP contribution in [0.1, 0.15) is 5.56 Å². The lowest BCUT2D eigenvalue weighted by Crippen LogP contribution is -2.09. The third-order valence-electron chi connectivity index (χ3n) is 14.0. The molecule has 0 aliphatic heterocycles. The van der Waals surface area contributed by atoms with E-state index in [2.05, 4.69) is 244 Å². The fourth-order valence-corrected chi connectivity index (χ4v) is 12.9. The van der Waals surface area contributed by atoms with E-state index in [0.717, 1.165) is 0 Å². The maximum atomic E-state index is 4.26. The Kier molecular flexibility index (Phi) is 10.0. The summed E-state index contributed by atoms with van der Waals surface area (Å²) in [6.45, 7) is 6.56. The number of benzene rings is 11. The molecule has 2 heterocycles. The van der Waals surface area contributed by atoms with Crippen LogP contribution in [-0.4, -0.2) is 0 Å². The van der Waals surface area contributed by atoms with Gasteiger partial charge in [-0.25, -0.2) is 0 Å². The Balaban J connectivity index is 1.06. The van der Waals surface area contributed by atoms with Gasteiger partial charge in [0.1, 0.15) is 0 Å². The monoisotopic (exact) mass is 912 g/mol. The number of thiophene rings is 2. The minimum Gasteiger partial charge on any atom is -0.135 e. The van der Waals surface area contributed by atoms with Gasteiger partial charge in [0.05, 0.1) is 0 Å². The van der Waals surface area contributed by atoms with E-state index < -0.39 is 0 Å². The van der Waals surface area contributed by atoms with Crippen LogP contribution < -0.4 is 5.22 Å². The topological polar surface area (TPSA) is 0 Å². The SMILES string of the molecule is C=C/C=c1/c(-c2ccc3c(-c4cccc(-c5ccc(-c6ccccc6)s5)c4)c4ccccc4c(-c4cccc(-c5ccc(-c6ccccc6)s5)c4)c3c2)ccc2c1c(C)c1cccc3cccc2c31. The average Bonchev–Trinajstić information content (AvgIpc) is 4.12. The normalized spacial score (nSPS) is 12.0. The molecular weight excluding hydrogens is 869 g/mol. The molecule has 2 aromatic heterocycles. The van der Waals surface area contributed by atoms with Gasteiger partial charge in [-0.05, 0) is 170 Å². The molecule has 324 valence electrons. The van der Waals surface area contributed by atoms with Gasteiger partial charge in [-0.3, -0.25) is 0 Å². The Morgan fingerprint density at radius 3 is 1.38 bits per heavy atom. The lowest BCUT2D eigenvalue weighted by atomic mass is 9.83. The van der Waals surface area contributed by atoms with E-state index in [1.807, 2.05) is 28.7 Å². The van der Waals surface area contributed by atoms with Crippen molar-refractivity contribution in [2.45, 2.75) is 6.92 Å². The first kappa shape index (κ1) is 41.1. The molecule has 0 bridgehead atoms. The Morgan fingerprint density at radius 1 is 0.333 bits per heavy atom. The van der Waals surface area contributed by atoms with Crippen molar-refractivity contribution >= 4 is 82.6 Å². The zero-order valence-electron chi connectivity index (χ0n) is 38.0. The lowest BCUT2D eigenvalue weighted by molar-refractivity contribution is 1.55. The summed E-state index contributed by atoms with van der Waals surface area (Å²) in [5.74, 6) is 0. The van der Waals surface area contributed by atoms with Crippen LogP contribution in [0.3, 0.4) is 0 Å². The molecule has 13 aromatic rings. The average molecular weight is 913 g/mol. The van der Waals surface area contributed by atoms with Gasteiger partial charge in [-0.15, -0.1) is 22.7 Å². The fraction of sp³-hybridized carbons (Fsp3) is 0.0149. The molecule has 0 aliphatic rings. The predicted octanol–water partition coefficient (Wildman–Crippen LogP) is 19.2. The highest BCUT2D eigenvalue weighted by Crippen LogP contribution is 2.47. The van der Waals surface area contributed by atoms with Gasteiger partial charge in [0.25, 0.3) is 0 Å². The molecule has 0 unspecified atom stereocenters. The Hall–Kier alpha value is -8.14. The number of hydrogen-bond donors (Lipinski definition) is 0. The number of allylic oxidation sites excluding steroid dienone is 1. The van der Waals surface area contributed by atoms with Crippen molar-refractivity contribution in [2.75, 3.05) is 0 Å². The molecule has 13 rings (SSSR count). The molecule has 0 fully saturated rings. The Morgan fingerprint density at radius 2 is 0.783 bits per heavy atom. The Labute approximate surface area is 410 Å². The minimum atomic E-state index is 1.17. The molecule has 0 amide bonds. The highest BCUT2D eigenvalue weighted by atomic mass is 32.1. The summed E-state index contributed by atoms with van der Waals surface area (Å²) in [5, 5.41) is 13.8. The van der Waals surface area contributed by atoms with E-state index in [1.165, 1.54) is 140 Å². The lowest BCUT2D eigenvalue weighted by Gasteiger charge is -2.20. The first-order chi connectivity index (χ1) is 34.1. The molecule has 0 saturated carbocycles. The number of fused-ring (bicyclic) bond motifs is 4. The molecule has 11 aromatic carbocycles.